The summed E-state index contributed by atoms with van der Waals surface area (Å²) in [5.41, 5.74) is 7.72. The summed E-state index contributed by atoms with van der Waals surface area (Å²) in [6, 6.07) is 10.2. The second-order valence-electron chi connectivity index (χ2n) is 5.69. The van der Waals surface area contributed by atoms with E-state index in [-0.39, 0.29) is 5.82 Å². The second-order valence-corrected chi connectivity index (χ2v) is 5.69. The maximum atomic E-state index is 13.2. The molecule has 7 heteroatoms. The van der Waals surface area contributed by atoms with Gasteiger partial charge in [0.15, 0.2) is 5.82 Å². The van der Waals surface area contributed by atoms with Crippen molar-refractivity contribution in [2.75, 3.05) is 5.32 Å². The first-order valence-corrected chi connectivity index (χ1v) is 8.16. The number of hydrogen-bond donors (Lipinski definition) is 2. The molecular formula is C19H18FN5O. The number of carbonyl (C=O) groups excluding carboxylic acids is 1. The van der Waals surface area contributed by atoms with Gasteiger partial charge >= 0.3 is 0 Å². The highest BCUT2D eigenvalue weighted by Gasteiger charge is 2.19. The van der Waals surface area contributed by atoms with Crippen LogP contribution in [-0.2, 0) is 11.2 Å². The van der Waals surface area contributed by atoms with Crippen LogP contribution in [0.25, 0.3) is 11.4 Å². The number of aromatic nitrogens is 3. The molecule has 0 aliphatic rings. The van der Waals surface area contributed by atoms with Crippen molar-refractivity contribution in [3.63, 3.8) is 0 Å². The number of nitrogens with two attached hydrogens (primary N) is 1. The van der Waals surface area contributed by atoms with Crippen LogP contribution in [0.1, 0.15) is 24.2 Å². The van der Waals surface area contributed by atoms with Crippen LogP contribution in [0.5, 0.6) is 0 Å². The minimum atomic E-state index is -0.833. The molecule has 0 saturated carbocycles. The van der Waals surface area contributed by atoms with E-state index in [0.717, 1.165) is 11.3 Å². The zero-order valence-electron chi connectivity index (χ0n) is 14.2. The third-order valence-corrected chi connectivity index (χ3v) is 3.86. The average molecular weight is 351 g/mol. The SMILES string of the molecule is CCc1cc(NC(C(N)=O)c2ccc(F)cc2)nc(-c2ccncc2)n1. The van der Waals surface area contributed by atoms with Gasteiger partial charge < -0.3 is 11.1 Å². The van der Waals surface area contributed by atoms with Crippen molar-refractivity contribution in [1.82, 2.24) is 15.0 Å². The van der Waals surface area contributed by atoms with E-state index in [1.54, 1.807) is 18.5 Å². The van der Waals surface area contributed by atoms with Gasteiger partial charge in [-0.05, 0) is 36.2 Å². The van der Waals surface area contributed by atoms with E-state index in [1.165, 1.54) is 24.3 Å². The lowest BCUT2D eigenvalue weighted by Crippen LogP contribution is -2.28. The Morgan fingerprint density at radius 1 is 1.15 bits per heavy atom. The van der Waals surface area contributed by atoms with Gasteiger partial charge in [-0.15, -0.1) is 0 Å². The van der Waals surface area contributed by atoms with Gasteiger partial charge in [0.1, 0.15) is 17.7 Å². The number of anilines is 1. The molecule has 0 aliphatic carbocycles. The fourth-order valence-corrected chi connectivity index (χ4v) is 2.50. The lowest BCUT2D eigenvalue weighted by Gasteiger charge is -2.17. The van der Waals surface area contributed by atoms with E-state index in [1.807, 2.05) is 19.1 Å². The van der Waals surface area contributed by atoms with Crippen LogP contribution in [0.15, 0.2) is 54.9 Å². The lowest BCUT2D eigenvalue weighted by atomic mass is 10.1. The monoisotopic (exact) mass is 351 g/mol. The molecule has 0 radical (unpaired) electrons. The minimum absolute atomic E-state index is 0.382. The van der Waals surface area contributed by atoms with E-state index >= 15 is 0 Å². The fourth-order valence-electron chi connectivity index (χ4n) is 2.50. The van der Waals surface area contributed by atoms with Gasteiger partial charge in [-0.1, -0.05) is 19.1 Å². The molecule has 0 aliphatic heterocycles. The number of nitrogens with zero attached hydrogens (tertiary/aromatic N) is 3. The summed E-state index contributed by atoms with van der Waals surface area (Å²) in [6.45, 7) is 1.98. The summed E-state index contributed by atoms with van der Waals surface area (Å²) >= 11 is 0. The van der Waals surface area contributed by atoms with Crippen LogP contribution in [-0.4, -0.2) is 20.9 Å². The molecule has 3 rings (SSSR count). The molecule has 0 fully saturated rings. The highest BCUT2D eigenvalue weighted by atomic mass is 19.1. The molecule has 3 N–H and O–H groups in total. The molecule has 1 atom stereocenters. The highest BCUT2D eigenvalue weighted by Crippen LogP contribution is 2.22. The second kappa shape index (κ2) is 7.69. The number of carbonyl (C=O) groups is 1. The summed E-state index contributed by atoms with van der Waals surface area (Å²) < 4.78 is 13.2. The first-order valence-electron chi connectivity index (χ1n) is 8.16. The normalized spacial score (nSPS) is 11.8. The maximum absolute atomic E-state index is 13.2. The number of primary amides is 1. The quantitative estimate of drug-likeness (QED) is 0.712. The first kappa shape index (κ1) is 17.5. The molecule has 2 heterocycles. The third-order valence-electron chi connectivity index (χ3n) is 3.86. The number of rotatable bonds is 6. The Hall–Kier alpha value is -3.35. The molecule has 132 valence electrons. The molecule has 6 nitrogen and oxygen atoms in total. The predicted molar refractivity (Wildman–Crippen MR) is 96.6 cm³/mol. The minimum Gasteiger partial charge on any atom is -0.368 e. The van der Waals surface area contributed by atoms with Crippen LogP contribution in [0.2, 0.25) is 0 Å². The number of benzene rings is 1. The van der Waals surface area contributed by atoms with Crippen molar-refractivity contribution in [3.05, 3.63) is 71.9 Å². The van der Waals surface area contributed by atoms with Gasteiger partial charge in [-0.3, -0.25) is 9.78 Å². The molecular weight excluding hydrogens is 333 g/mol. The molecule has 1 unspecified atom stereocenters. The van der Waals surface area contributed by atoms with Gasteiger partial charge in [0.2, 0.25) is 5.91 Å². The maximum Gasteiger partial charge on any atom is 0.244 e. The number of hydrogen-bond acceptors (Lipinski definition) is 5. The molecule has 1 amide bonds. The van der Waals surface area contributed by atoms with Crippen LogP contribution < -0.4 is 11.1 Å². The molecule has 2 aromatic heterocycles. The summed E-state index contributed by atoms with van der Waals surface area (Å²) in [5, 5.41) is 3.04. The van der Waals surface area contributed by atoms with E-state index in [2.05, 4.69) is 20.3 Å². The van der Waals surface area contributed by atoms with E-state index in [0.29, 0.717) is 23.6 Å². The Morgan fingerprint density at radius 2 is 1.85 bits per heavy atom. The molecule has 0 bridgehead atoms. The van der Waals surface area contributed by atoms with E-state index in [4.69, 9.17) is 5.73 Å². The number of pyridine rings is 1. The summed E-state index contributed by atoms with van der Waals surface area (Å²) in [5.74, 6) is 0.0272. The first-order chi connectivity index (χ1) is 12.6. The average Bonchev–Trinajstić information content (AvgIpc) is 2.67. The van der Waals surface area contributed by atoms with E-state index < -0.39 is 11.9 Å². The molecule has 0 saturated heterocycles. The zero-order chi connectivity index (χ0) is 18.5. The number of amides is 1. The van der Waals surface area contributed by atoms with Crippen LogP contribution in [0, 0.1) is 5.82 Å². The van der Waals surface area contributed by atoms with Gasteiger partial charge in [-0.2, -0.15) is 0 Å². The van der Waals surface area contributed by atoms with Gasteiger partial charge in [0.05, 0.1) is 0 Å². The van der Waals surface area contributed by atoms with Crippen molar-refractivity contribution in [1.29, 1.82) is 0 Å². The molecule has 3 aromatic rings. The van der Waals surface area contributed by atoms with Gasteiger partial charge in [-0.25, -0.2) is 14.4 Å². The van der Waals surface area contributed by atoms with Crippen LogP contribution in [0.3, 0.4) is 0 Å². The number of aryl methyl sites for hydroxylation is 1. The lowest BCUT2D eigenvalue weighted by molar-refractivity contribution is -0.118. The third kappa shape index (κ3) is 4.00. The zero-order valence-corrected chi connectivity index (χ0v) is 14.2. The smallest absolute Gasteiger partial charge is 0.244 e. The molecule has 0 spiro atoms. The Kier molecular flexibility index (Phi) is 5.17. The standard InChI is InChI=1S/C19H18FN5O/c1-2-15-11-16(25-19(23-15)13-7-9-22-10-8-13)24-17(18(21)26)12-3-5-14(20)6-4-12/h3-11,17H,2H2,1H3,(H2,21,26)(H,23,24,25). The summed E-state index contributed by atoms with van der Waals surface area (Å²) in [7, 11) is 0. The summed E-state index contributed by atoms with van der Waals surface area (Å²) in [6.07, 6.45) is 4.03. The Bertz CT molecular complexity index is 900. The topological polar surface area (TPSA) is 93.8 Å². The number of nitrogens with one attached hydrogen (secondary N) is 1. The van der Waals surface area contributed by atoms with Crippen molar-refractivity contribution < 1.29 is 9.18 Å². The van der Waals surface area contributed by atoms with Crippen molar-refractivity contribution in [2.24, 2.45) is 5.73 Å². The van der Waals surface area contributed by atoms with Crippen molar-refractivity contribution >= 4 is 11.7 Å². The fraction of sp³-hybridized carbons (Fsp3) is 0.158. The van der Waals surface area contributed by atoms with Crippen molar-refractivity contribution in [2.45, 2.75) is 19.4 Å². The van der Waals surface area contributed by atoms with Crippen LogP contribution >= 0.6 is 0 Å². The Labute approximate surface area is 150 Å². The van der Waals surface area contributed by atoms with Crippen LogP contribution in [0.4, 0.5) is 10.2 Å². The van der Waals surface area contributed by atoms with E-state index in [9.17, 15) is 9.18 Å². The van der Waals surface area contributed by atoms with Gasteiger partial charge in [0, 0.05) is 29.7 Å². The largest absolute Gasteiger partial charge is 0.368 e. The van der Waals surface area contributed by atoms with Gasteiger partial charge in [0.25, 0.3) is 0 Å². The molecule has 1 aromatic carbocycles. The highest BCUT2D eigenvalue weighted by molar-refractivity contribution is 5.84. The Morgan fingerprint density at radius 3 is 2.46 bits per heavy atom. The predicted octanol–water partition coefficient (Wildman–Crippen LogP) is 2.88. The van der Waals surface area contributed by atoms with Crippen molar-refractivity contribution in [3.8, 4) is 11.4 Å². The number of halogens is 1. The molecule has 26 heavy (non-hydrogen) atoms. The summed E-state index contributed by atoms with van der Waals surface area (Å²) in [4.78, 5) is 24.9. The Balaban J connectivity index is 1.96.